The van der Waals surface area contributed by atoms with Crippen molar-refractivity contribution in [1.82, 2.24) is 10.0 Å². The monoisotopic (exact) mass is 411 g/mol. The number of hydrogen-bond acceptors (Lipinski definition) is 4. The van der Waals surface area contributed by atoms with E-state index in [0.29, 0.717) is 19.2 Å². The molecule has 2 rings (SSSR count). The molecule has 1 aromatic rings. The molecule has 0 saturated carbocycles. The summed E-state index contributed by atoms with van der Waals surface area (Å²) in [5.41, 5.74) is -1.20. The van der Waals surface area contributed by atoms with Crippen molar-refractivity contribution in [2.75, 3.05) is 18.4 Å². The van der Waals surface area contributed by atoms with Crippen molar-refractivity contribution < 1.29 is 22.0 Å². The fourth-order valence-corrected chi connectivity index (χ4v) is 3.92. The molecule has 1 unspecified atom stereocenters. The van der Waals surface area contributed by atoms with Gasteiger partial charge in [-0.25, -0.2) is 21.9 Å². The topological polar surface area (TPSA) is 87.3 Å². The first-order valence-electron chi connectivity index (χ1n) is 7.95. The average Bonchev–Trinajstić information content (AvgIpc) is 2.36. The Balaban J connectivity index is 0.00000338. The Labute approximate surface area is 158 Å². The zero-order chi connectivity index (χ0) is 19.0. The number of hydrogen-bond donors (Lipinski definition) is 3. The predicted molar refractivity (Wildman–Crippen MR) is 97.8 cm³/mol. The minimum Gasteiger partial charge on any atom is -0.323 e. The van der Waals surface area contributed by atoms with E-state index < -0.39 is 38.0 Å². The smallest absolute Gasteiger partial charge is 0.244 e. The van der Waals surface area contributed by atoms with Gasteiger partial charge in [0.05, 0.1) is 5.69 Å². The Hall–Kier alpha value is -1.29. The highest BCUT2D eigenvalue weighted by atomic mass is 35.5. The number of sulfonamides is 1. The van der Waals surface area contributed by atoms with Crippen LogP contribution in [0.25, 0.3) is 0 Å². The molecule has 1 fully saturated rings. The summed E-state index contributed by atoms with van der Waals surface area (Å²) >= 11 is 0. The van der Waals surface area contributed by atoms with Crippen molar-refractivity contribution in [3.8, 4) is 0 Å². The van der Waals surface area contributed by atoms with Crippen LogP contribution in [0.15, 0.2) is 17.0 Å². The van der Waals surface area contributed by atoms with Gasteiger partial charge >= 0.3 is 0 Å². The van der Waals surface area contributed by atoms with E-state index in [0.717, 1.165) is 6.07 Å². The van der Waals surface area contributed by atoms with Gasteiger partial charge in [0.2, 0.25) is 15.9 Å². The second kappa shape index (κ2) is 8.16. The molecule has 26 heavy (non-hydrogen) atoms. The van der Waals surface area contributed by atoms with Gasteiger partial charge in [-0.1, -0.05) is 6.92 Å². The zero-order valence-electron chi connectivity index (χ0n) is 15.0. The quantitative estimate of drug-likeness (QED) is 0.693. The highest BCUT2D eigenvalue weighted by Crippen LogP contribution is 2.26. The van der Waals surface area contributed by atoms with E-state index in [1.54, 1.807) is 27.7 Å². The van der Waals surface area contributed by atoms with Crippen LogP contribution < -0.4 is 15.4 Å². The summed E-state index contributed by atoms with van der Waals surface area (Å²) in [7, 11) is -4.21. The second-order valence-electron chi connectivity index (χ2n) is 7.31. The number of amides is 1. The fourth-order valence-electron chi connectivity index (χ4n) is 2.41. The lowest BCUT2D eigenvalue weighted by atomic mass is 9.88. The van der Waals surface area contributed by atoms with Crippen LogP contribution in [0.4, 0.5) is 14.5 Å². The maximum absolute atomic E-state index is 14.0. The molecule has 0 bridgehead atoms. The molecule has 0 aromatic heterocycles. The van der Waals surface area contributed by atoms with Gasteiger partial charge < -0.3 is 10.6 Å². The third-order valence-corrected chi connectivity index (χ3v) is 5.72. The maximum Gasteiger partial charge on any atom is 0.244 e. The molecule has 1 amide bonds. The standard InChI is InChI=1S/C16H23F2N3O3S.ClH/c1-9(10-7-19-8-10)15(22)20-13-6-14(12(18)5-11(13)17)25(23,24)21-16(2,3)4;/h5-6,9-10,19,21H,7-8H2,1-4H3,(H,20,22);1H. The van der Waals surface area contributed by atoms with Crippen LogP contribution in [-0.2, 0) is 14.8 Å². The summed E-state index contributed by atoms with van der Waals surface area (Å²) < 4.78 is 54.9. The van der Waals surface area contributed by atoms with Gasteiger partial charge in [-0.3, -0.25) is 4.79 Å². The van der Waals surface area contributed by atoms with E-state index in [-0.39, 0.29) is 29.9 Å². The number of halogens is 3. The lowest BCUT2D eigenvalue weighted by Crippen LogP contribution is -2.48. The van der Waals surface area contributed by atoms with Crippen molar-refractivity contribution in [1.29, 1.82) is 0 Å². The van der Waals surface area contributed by atoms with E-state index in [2.05, 4.69) is 15.4 Å². The van der Waals surface area contributed by atoms with Gasteiger partial charge in [-0.2, -0.15) is 0 Å². The Morgan fingerprint density at radius 1 is 1.23 bits per heavy atom. The lowest BCUT2D eigenvalue weighted by molar-refractivity contribution is -0.121. The molecule has 1 atom stereocenters. The van der Waals surface area contributed by atoms with E-state index >= 15 is 0 Å². The fraction of sp³-hybridized carbons (Fsp3) is 0.562. The molecule has 3 N–H and O–H groups in total. The lowest BCUT2D eigenvalue weighted by Gasteiger charge is -2.31. The normalized spacial score (nSPS) is 16.4. The minimum absolute atomic E-state index is 0. The highest BCUT2D eigenvalue weighted by Gasteiger charge is 2.30. The van der Waals surface area contributed by atoms with Crippen LogP contribution >= 0.6 is 12.4 Å². The summed E-state index contributed by atoms with van der Waals surface area (Å²) in [5.74, 6) is -2.93. The number of anilines is 1. The zero-order valence-corrected chi connectivity index (χ0v) is 16.7. The molecular formula is C16H24ClF2N3O3S. The molecule has 1 saturated heterocycles. The van der Waals surface area contributed by atoms with Gasteiger partial charge in [-0.15, -0.1) is 12.4 Å². The Morgan fingerprint density at radius 3 is 2.27 bits per heavy atom. The van der Waals surface area contributed by atoms with Crippen LogP contribution in [0.5, 0.6) is 0 Å². The summed E-state index contributed by atoms with van der Waals surface area (Å²) in [6.45, 7) is 7.89. The van der Waals surface area contributed by atoms with Crippen LogP contribution in [0.2, 0.25) is 0 Å². The maximum atomic E-state index is 14.0. The number of rotatable bonds is 5. The average molecular weight is 412 g/mol. The highest BCUT2D eigenvalue weighted by molar-refractivity contribution is 7.89. The van der Waals surface area contributed by atoms with Crippen molar-refractivity contribution in [3.05, 3.63) is 23.8 Å². The van der Waals surface area contributed by atoms with E-state index in [4.69, 9.17) is 0 Å². The number of nitrogens with one attached hydrogen (secondary N) is 3. The van der Waals surface area contributed by atoms with Crippen LogP contribution in [0.1, 0.15) is 27.7 Å². The summed E-state index contributed by atoms with van der Waals surface area (Å²) in [5, 5.41) is 5.40. The molecule has 1 aliphatic rings. The Kier molecular flexibility index (Phi) is 7.14. The summed E-state index contributed by atoms with van der Waals surface area (Å²) in [6, 6.07) is 1.27. The molecule has 0 radical (unpaired) electrons. The number of carbonyl (C=O) groups is 1. The third-order valence-electron chi connectivity index (χ3n) is 3.94. The predicted octanol–water partition coefficient (Wildman–Crippen LogP) is 2.26. The van der Waals surface area contributed by atoms with Crippen molar-refractivity contribution in [3.63, 3.8) is 0 Å². The summed E-state index contributed by atoms with van der Waals surface area (Å²) in [6.07, 6.45) is 0. The first-order chi connectivity index (χ1) is 11.4. The van der Waals surface area contributed by atoms with Gasteiger partial charge in [0.25, 0.3) is 0 Å². The molecule has 1 aliphatic heterocycles. The van der Waals surface area contributed by atoms with E-state index in [9.17, 15) is 22.0 Å². The third kappa shape index (κ3) is 5.35. The van der Waals surface area contributed by atoms with Gasteiger partial charge in [0.15, 0.2) is 0 Å². The van der Waals surface area contributed by atoms with E-state index in [1.807, 2.05) is 0 Å². The number of benzene rings is 1. The molecule has 0 spiro atoms. The van der Waals surface area contributed by atoms with Crippen molar-refractivity contribution in [2.45, 2.75) is 38.1 Å². The largest absolute Gasteiger partial charge is 0.323 e. The first kappa shape index (κ1) is 22.8. The van der Waals surface area contributed by atoms with Crippen molar-refractivity contribution in [2.24, 2.45) is 11.8 Å². The molecule has 1 heterocycles. The van der Waals surface area contributed by atoms with Gasteiger partial charge in [-0.05, 0) is 45.8 Å². The summed E-state index contributed by atoms with van der Waals surface area (Å²) in [4.78, 5) is 11.5. The van der Waals surface area contributed by atoms with Crippen molar-refractivity contribution >= 4 is 34.0 Å². The van der Waals surface area contributed by atoms with Gasteiger partial charge in [0.1, 0.15) is 16.5 Å². The number of carbonyl (C=O) groups excluding carboxylic acids is 1. The molecule has 10 heteroatoms. The molecule has 6 nitrogen and oxygen atoms in total. The first-order valence-corrected chi connectivity index (χ1v) is 9.43. The Morgan fingerprint density at radius 2 is 1.81 bits per heavy atom. The molecule has 1 aromatic carbocycles. The Bertz CT molecular complexity index is 778. The van der Waals surface area contributed by atoms with Crippen LogP contribution in [-0.4, -0.2) is 33.0 Å². The molecule has 0 aliphatic carbocycles. The van der Waals surface area contributed by atoms with Crippen LogP contribution in [0, 0.1) is 23.5 Å². The second-order valence-corrected chi connectivity index (χ2v) is 8.97. The van der Waals surface area contributed by atoms with E-state index in [1.165, 1.54) is 0 Å². The van der Waals surface area contributed by atoms with Crippen LogP contribution in [0.3, 0.4) is 0 Å². The molecular weight excluding hydrogens is 388 g/mol. The van der Waals surface area contributed by atoms with Gasteiger partial charge in [0, 0.05) is 17.5 Å². The SMILES string of the molecule is CC(C(=O)Nc1cc(S(=O)(=O)NC(C)(C)C)c(F)cc1F)C1CNC1.Cl. The minimum atomic E-state index is -4.21. The molecule has 148 valence electrons.